The molecular formula is C23H25ClN4O. The minimum absolute atomic E-state index is 0.0149. The van der Waals surface area contributed by atoms with Crippen LogP contribution in [0.25, 0.3) is 11.4 Å². The average molecular weight is 409 g/mol. The van der Waals surface area contributed by atoms with Crippen LogP contribution >= 0.6 is 11.6 Å². The van der Waals surface area contributed by atoms with Crippen molar-refractivity contribution in [2.24, 2.45) is 0 Å². The second kappa shape index (κ2) is 8.78. The second-order valence-corrected chi connectivity index (χ2v) is 8.02. The topological polar surface area (TPSA) is 59.8 Å². The fourth-order valence-electron chi connectivity index (χ4n) is 3.71. The summed E-state index contributed by atoms with van der Waals surface area (Å²) in [5.74, 6) is 1.93. The summed E-state index contributed by atoms with van der Waals surface area (Å²) in [5.41, 5.74) is 3.87. The standard InChI is InChI=1S/C23H25ClN4O/c1-16-9-10-17(14-20(16)24)11-12-22(29)25-19-7-5-6-18(15-19)23-27-26-21-8-3-2-4-13-28(21)23/h5-7,9-10,14-15H,2-4,8,11-13H2,1H3,(H,25,29). The molecule has 2 aromatic carbocycles. The third-order valence-electron chi connectivity index (χ3n) is 5.39. The molecule has 2 heterocycles. The molecule has 3 aromatic rings. The first-order chi connectivity index (χ1) is 14.1. The van der Waals surface area contributed by atoms with E-state index in [0.29, 0.717) is 12.8 Å². The third kappa shape index (κ3) is 4.67. The number of halogens is 1. The Morgan fingerprint density at radius 3 is 2.90 bits per heavy atom. The lowest BCUT2D eigenvalue weighted by molar-refractivity contribution is -0.116. The molecule has 0 spiro atoms. The smallest absolute Gasteiger partial charge is 0.224 e. The molecule has 0 atom stereocenters. The van der Waals surface area contributed by atoms with Crippen molar-refractivity contribution >= 4 is 23.2 Å². The van der Waals surface area contributed by atoms with Crippen molar-refractivity contribution in [1.82, 2.24) is 14.8 Å². The van der Waals surface area contributed by atoms with E-state index in [0.717, 1.165) is 58.4 Å². The van der Waals surface area contributed by atoms with Crippen LogP contribution in [0.4, 0.5) is 5.69 Å². The molecule has 0 unspecified atom stereocenters. The van der Waals surface area contributed by atoms with E-state index < -0.39 is 0 Å². The summed E-state index contributed by atoms with van der Waals surface area (Å²) in [5, 5.41) is 12.5. The molecule has 1 N–H and O–H groups in total. The van der Waals surface area contributed by atoms with Gasteiger partial charge in [-0.3, -0.25) is 4.79 Å². The van der Waals surface area contributed by atoms with E-state index in [1.54, 1.807) is 0 Å². The summed E-state index contributed by atoms with van der Waals surface area (Å²) in [6.07, 6.45) is 5.59. The lowest BCUT2D eigenvalue weighted by atomic mass is 10.1. The number of nitrogens with one attached hydrogen (secondary N) is 1. The van der Waals surface area contributed by atoms with Crippen molar-refractivity contribution in [2.75, 3.05) is 5.32 Å². The van der Waals surface area contributed by atoms with E-state index in [1.165, 1.54) is 12.8 Å². The van der Waals surface area contributed by atoms with Gasteiger partial charge in [0, 0.05) is 35.7 Å². The Hall–Kier alpha value is -2.66. The molecule has 150 valence electrons. The van der Waals surface area contributed by atoms with Gasteiger partial charge in [0.25, 0.3) is 0 Å². The number of benzene rings is 2. The van der Waals surface area contributed by atoms with Crippen molar-refractivity contribution < 1.29 is 4.79 Å². The molecule has 0 fully saturated rings. The van der Waals surface area contributed by atoms with Crippen LogP contribution in [0.15, 0.2) is 42.5 Å². The number of fused-ring (bicyclic) bond motifs is 1. The van der Waals surface area contributed by atoms with Crippen LogP contribution in [0.5, 0.6) is 0 Å². The van der Waals surface area contributed by atoms with E-state index in [9.17, 15) is 4.79 Å². The molecule has 6 heteroatoms. The maximum absolute atomic E-state index is 12.4. The largest absolute Gasteiger partial charge is 0.326 e. The van der Waals surface area contributed by atoms with Gasteiger partial charge in [0.1, 0.15) is 5.82 Å². The van der Waals surface area contributed by atoms with Gasteiger partial charge >= 0.3 is 0 Å². The fraction of sp³-hybridized carbons (Fsp3) is 0.348. The molecule has 1 aliphatic rings. The maximum Gasteiger partial charge on any atom is 0.224 e. The van der Waals surface area contributed by atoms with E-state index >= 15 is 0 Å². The lowest BCUT2D eigenvalue weighted by Gasteiger charge is -2.10. The van der Waals surface area contributed by atoms with Gasteiger partial charge in [-0.05, 0) is 55.5 Å². The zero-order valence-electron chi connectivity index (χ0n) is 16.6. The summed E-state index contributed by atoms with van der Waals surface area (Å²) in [7, 11) is 0. The SMILES string of the molecule is Cc1ccc(CCC(=O)Nc2cccc(-c3nnc4n3CCCCC4)c2)cc1Cl. The molecule has 0 radical (unpaired) electrons. The van der Waals surface area contributed by atoms with Crippen LogP contribution in [0.2, 0.25) is 5.02 Å². The number of hydrogen-bond acceptors (Lipinski definition) is 3. The third-order valence-corrected chi connectivity index (χ3v) is 5.80. The molecule has 4 rings (SSSR count). The van der Waals surface area contributed by atoms with Gasteiger partial charge in [0.05, 0.1) is 0 Å². The highest BCUT2D eigenvalue weighted by atomic mass is 35.5. The number of carbonyl (C=O) groups excluding carboxylic acids is 1. The Labute approximate surface area is 176 Å². The molecule has 1 amide bonds. The molecule has 5 nitrogen and oxygen atoms in total. The molecule has 29 heavy (non-hydrogen) atoms. The molecule has 1 aromatic heterocycles. The minimum Gasteiger partial charge on any atom is -0.326 e. The van der Waals surface area contributed by atoms with E-state index in [-0.39, 0.29) is 5.91 Å². The predicted octanol–water partition coefficient (Wildman–Crippen LogP) is 5.20. The number of hydrogen-bond donors (Lipinski definition) is 1. The van der Waals surface area contributed by atoms with Crippen LogP contribution in [0.3, 0.4) is 0 Å². The van der Waals surface area contributed by atoms with Crippen molar-refractivity contribution in [3.8, 4) is 11.4 Å². The Morgan fingerprint density at radius 1 is 1.14 bits per heavy atom. The number of nitrogens with zero attached hydrogens (tertiary/aromatic N) is 3. The monoisotopic (exact) mass is 408 g/mol. The van der Waals surface area contributed by atoms with Gasteiger partial charge in [0.2, 0.25) is 5.91 Å². The first-order valence-electron chi connectivity index (χ1n) is 10.2. The minimum atomic E-state index is -0.0149. The summed E-state index contributed by atoms with van der Waals surface area (Å²) in [6, 6.07) is 13.8. The van der Waals surface area contributed by atoms with Gasteiger partial charge in [-0.15, -0.1) is 10.2 Å². The van der Waals surface area contributed by atoms with Crippen molar-refractivity contribution in [3.63, 3.8) is 0 Å². The highest BCUT2D eigenvalue weighted by Gasteiger charge is 2.16. The van der Waals surface area contributed by atoms with E-state index in [2.05, 4.69) is 20.1 Å². The first-order valence-corrected chi connectivity index (χ1v) is 10.6. The van der Waals surface area contributed by atoms with Gasteiger partial charge in [-0.1, -0.05) is 42.3 Å². The zero-order valence-corrected chi connectivity index (χ0v) is 17.4. The van der Waals surface area contributed by atoms with Crippen LogP contribution in [-0.4, -0.2) is 20.7 Å². The van der Waals surface area contributed by atoms with Crippen LogP contribution in [0.1, 0.15) is 42.6 Å². The normalized spacial score (nSPS) is 13.6. The number of aryl methyl sites for hydroxylation is 3. The Bertz CT molecular complexity index is 1030. The van der Waals surface area contributed by atoms with Crippen molar-refractivity contribution in [1.29, 1.82) is 0 Å². The summed E-state index contributed by atoms with van der Waals surface area (Å²) >= 11 is 6.17. The number of amides is 1. The summed E-state index contributed by atoms with van der Waals surface area (Å²) in [6.45, 7) is 2.92. The van der Waals surface area contributed by atoms with Gasteiger partial charge in [-0.25, -0.2) is 0 Å². The van der Waals surface area contributed by atoms with Crippen molar-refractivity contribution in [3.05, 3.63) is 64.4 Å². The molecule has 0 saturated heterocycles. The van der Waals surface area contributed by atoms with Crippen LogP contribution < -0.4 is 5.32 Å². The maximum atomic E-state index is 12.4. The predicted molar refractivity (Wildman–Crippen MR) is 116 cm³/mol. The molecular weight excluding hydrogens is 384 g/mol. The van der Waals surface area contributed by atoms with E-state index in [1.807, 2.05) is 49.4 Å². The molecule has 1 aliphatic heterocycles. The van der Waals surface area contributed by atoms with Gasteiger partial charge < -0.3 is 9.88 Å². The van der Waals surface area contributed by atoms with Crippen molar-refractivity contribution in [2.45, 2.75) is 52.0 Å². The number of rotatable bonds is 5. The summed E-state index contributed by atoms with van der Waals surface area (Å²) < 4.78 is 2.22. The summed E-state index contributed by atoms with van der Waals surface area (Å²) in [4.78, 5) is 12.4. The number of carbonyl (C=O) groups is 1. The molecule has 0 saturated carbocycles. The molecule has 0 bridgehead atoms. The Balaban J connectivity index is 1.43. The quantitative estimate of drug-likeness (QED) is 0.630. The fourth-order valence-corrected chi connectivity index (χ4v) is 3.91. The second-order valence-electron chi connectivity index (χ2n) is 7.61. The molecule has 0 aliphatic carbocycles. The van der Waals surface area contributed by atoms with E-state index in [4.69, 9.17) is 11.6 Å². The van der Waals surface area contributed by atoms with Crippen LogP contribution in [0, 0.1) is 6.92 Å². The van der Waals surface area contributed by atoms with Gasteiger partial charge in [-0.2, -0.15) is 0 Å². The van der Waals surface area contributed by atoms with Gasteiger partial charge in [0.15, 0.2) is 5.82 Å². The lowest BCUT2D eigenvalue weighted by Crippen LogP contribution is -2.12. The average Bonchev–Trinajstić information content (AvgIpc) is 2.97. The Kier molecular flexibility index (Phi) is 5.95. The highest BCUT2D eigenvalue weighted by molar-refractivity contribution is 6.31. The number of aromatic nitrogens is 3. The Morgan fingerprint density at radius 2 is 2.03 bits per heavy atom. The highest BCUT2D eigenvalue weighted by Crippen LogP contribution is 2.25. The van der Waals surface area contributed by atoms with Crippen LogP contribution in [-0.2, 0) is 24.2 Å². The number of anilines is 1. The first kappa shape index (κ1) is 19.6. The zero-order chi connectivity index (χ0) is 20.2.